The fourth-order valence-electron chi connectivity index (χ4n) is 2.99. The zero-order chi connectivity index (χ0) is 13.9. The van der Waals surface area contributed by atoms with Gasteiger partial charge in [-0.25, -0.2) is 0 Å². The number of benzene rings is 2. The first-order valence-corrected chi connectivity index (χ1v) is 7.41. The van der Waals surface area contributed by atoms with Crippen LogP contribution in [0.4, 0.5) is 0 Å². The molecule has 0 N–H and O–H groups in total. The molecule has 1 aliphatic carbocycles. The lowest BCUT2D eigenvalue weighted by Crippen LogP contribution is -2.22. The summed E-state index contributed by atoms with van der Waals surface area (Å²) in [6, 6.07) is 11.8. The van der Waals surface area contributed by atoms with Crippen molar-refractivity contribution >= 4 is 17.1 Å². The summed E-state index contributed by atoms with van der Waals surface area (Å²) in [6.07, 6.45) is 6.00. The first kappa shape index (κ1) is 13.2. The highest BCUT2D eigenvalue weighted by molar-refractivity contribution is 5.98. The molecule has 1 fully saturated rings. The molecular formula is C18H20O2. The fourth-order valence-corrected chi connectivity index (χ4v) is 2.99. The van der Waals surface area contributed by atoms with Crippen LogP contribution in [0.15, 0.2) is 36.4 Å². The van der Waals surface area contributed by atoms with E-state index in [1.54, 1.807) is 0 Å². The highest BCUT2D eigenvalue weighted by Gasteiger charge is 2.19. The number of carbonyl (C=O) groups is 1. The van der Waals surface area contributed by atoms with E-state index in [0.717, 1.165) is 47.1 Å². The molecule has 0 unspecified atom stereocenters. The third-order valence-electron chi connectivity index (χ3n) is 4.28. The Kier molecular flexibility index (Phi) is 3.72. The first-order valence-electron chi connectivity index (χ1n) is 7.41. The van der Waals surface area contributed by atoms with Crippen molar-refractivity contribution in [1.29, 1.82) is 0 Å². The van der Waals surface area contributed by atoms with Gasteiger partial charge >= 0.3 is 0 Å². The van der Waals surface area contributed by atoms with Crippen LogP contribution in [0.2, 0.25) is 0 Å². The lowest BCUT2D eigenvalue weighted by Gasteiger charge is -2.27. The van der Waals surface area contributed by atoms with Crippen LogP contribution in [-0.2, 0) is 0 Å². The summed E-state index contributed by atoms with van der Waals surface area (Å²) < 4.78 is 6.10. The fraction of sp³-hybridized carbons (Fsp3) is 0.389. The molecule has 0 heterocycles. The highest BCUT2D eigenvalue weighted by atomic mass is 16.5. The van der Waals surface area contributed by atoms with Gasteiger partial charge in [-0.3, -0.25) is 4.79 Å². The van der Waals surface area contributed by atoms with Crippen molar-refractivity contribution in [2.24, 2.45) is 5.92 Å². The van der Waals surface area contributed by atoms with Gasteiger partial charge < -0.3 is 4.74 Å². The molecule has 2 aromatic carbocycles. The number of fused-ring (bicyclic) bond motifs is 1. The molecule has 20 heavy (non-hydrogen) atoms. The molecule has 2 nitrogen and oxygen atoms in total. The standard InChI is InChI=1S/C18H20O2/c1-13-5-8-16(9-6-13)20-17-10-7-14-3-2-4-15(12-19)18(14)11-17/h2-4,7,10-13,16H,5-6,8-9H2,1H3. The molecule has 1 aliphatic rings. The monoisotopic (exact) mass is 268 g/mol. The summed E-state index contributed by atoms with van der Waals surface area (Å²) in [7, 11) is 0. The van der Waals surface area contributed by atoms with Gasteiger partial charge in [-0.2, -0.15) is 0 Å². The first-order chi connectivity index (χ1) is 9.76. The zero-order valence-electron chi connectivity index (χ0n) is 11.8. The van der Waals surface area contributed by atoms with E-state index < -0.39 is 0 Å². The van der Waals surface area contributed by atoms with Gasteiger partial charge in [0, 0.05) is 5.56 Å². The Morgan fingerprint density at radius 3 is 2.65 bits per heavy atom. The third kappa shape index (κ3) is 2.69. The highest BCUT2D eigenvalue weighted by Crippen LogP contribution is 2.29. The maximum Gasteiger partial charge on any atom is 0.150 e. The lowest BCUT2D eigenvalue weighted by molar-refractivity contribution is 0.112. The van der Waals surface area contributed by atoms with Gasteiger partial charge in [0.1, 0.15) is 5.75 Å². The molecule has 104 valence electrons. The molecular weight excluding hydrogens is 248 g/mol. The largest absolute Gasteiger partial charge is 0.490 e. The second kappa shape index (κ2) is 5.66. The van der Waals surface area contributed by atoms with Crippen LogP contribution in [0.3, 0.4) is 0 Å². The minimum atomic E-state index is 0.326. The second-order valence-electron chi connectivity index (χ2n) is 5.85. The van der Waals surface area contributed by atoms with Crippen molar-refractivity contribution < 1.29 is 9.53 Å². The molecule has 3 rings (SSSR count). The van der Waals surface area contributed by atoms with E-state index in [1.165, 1.54) is 12.8 Å². The predicted molar refractivity (Wildman–Crippen MR) is 81.4 cm³/mol. The number of ether oxygens (including phenoxy) is 1. The zero-order valence-corrected chi connectivity index (χ0v) is 11.8. The van der Waals surface area contributed by atoms with Crippen molar-refractivity contribution in [3.05, 3.63) is 42.0 Å². The van der Waals surface area contributed by atoms with Gasteiger partial charge in [0.25, 0.3) is 0 Å². The molecule has 1 saturated carbocycles. The van der Waals surface area contributed by atoms with Crippen LogP contribution in [-0.4, -0.2) is 12.4 Å². The molecule has 0 atom stereocenters. The Labute approximate surface area is 119 Å². The molecule has 0 amide bonds. The second-order valence-corrected chi connectivity index (χ2v) is 5.85. The van der Waals surface area contributed by atoms with Crippen molar-refractivity contribution in [2.75, 3.05) is 0 Å². The number of hydrogen-bond donors (Lipinski definition) is 0. The topological polar surface area (TPSA) is 26.3 Å². The maximum absolute atomic E-state index is 11.1. The van der Waals surface area contributed by atoms with E-state index in [1.807, 2.05) is 36.4 Å². The van der Waals surface area contributed by atoms with Crippen molar-refractivity contribution in [3.8, 4) is 5.75 Å². The predicted octanol–water partition coefficient (Wildman–Crippen LogP) is 4.61. The van der Waals surface area contributed by atoms with Crippen molar-refractivity contribution in [1.82, 2.24) is 0 Å². The number of hydrogen-bond acceptors (Lipinski definition) is 2. The Morgan fingerprint density at radius 1 is 1.10 bits per heavy atom. The van der Waals surface area contributed by atoms with Gasteiger partial charge in [-0.15, -0.1) is 0 Å². The van der Waals surface area contributed by atoms with E-state index in [2.05, 4.69) is 6.92 Å². The molecule has 0 aliphatic heterocycles. The number of carbonyl (C=O) groups excluding carboxylic acids is 1. The van der Waals surface area contributed by atoms with E-state index in [4.69, 9.17) is 4.74 Å². The Bertz CT molecular complexity index is 610. The number of aldehydes is 1. The molecule has 0 spiro atoms. The summed E-state index contributed by atoms with van der Waals surface area (Å²) in [5.74, 6) is 1.71. The van der Waals surface area contributed by atoms with Crippen molar-refractivity contribution in [3.63, 3.8) is 0 Å². The summed E-state index contributed by atoms with van der Waals surface area (Å²) in [5.41, 5.74) is 0.727. The summed E-state index contributed by atoms with van der Waals surface area (Å²) in [5, 5.41) is 2.06. The Balaban J connectivity index is 1.83. The molecule has 0 radical (unpaired) electrons. The van der Waals surface area contributed by atoms with Crippen LogP contribution in [0.5, 0.6) is 5.75 Å². The van der Waals surface area contributed by atoms with E-state index in [9.17, 15) is 4.79 Å². The molecule has 2 aromatic rings. The van der Waals surface area contributed by atoms with Crippen LogP contribution in [0, 0.1) is 5.92 Å². The Hall–Kier alpha value is -1.83. The summed E-state index contributed by atoms with van der Waals surface area (Å²) in [6.45, 7) is 2.31. The van der Waals surface area contributed by atoms with E-state index in [-0.39, 0.29) is 0 Å². The van der Waals surface area contributed by atoms with Crippen molar-refractivity contribution in [2.45, 2.75) is 38.7 Å². The quantitative estimate of drug-likeness (QED) is 0.760. The SMILES string of the molecule is CC1CCC(Oc2ccc3cccc(C=O)c3c2)CC1. The normalized spacial score (nSPS) is 22.6. The van der Waals surface area contributed by atoms with Gasteiger partial charge in [0.2, 0.25) is 0 Å². The Morgan fingerprint density at radius 2 is 1.90 bits per heavy atom. The maximum atomic E-state index is 11.1. The average Bonchev–Trinajstić information content (AvgIpc) is 2.49. The molecule has 2 heteroatoms. The minimum Gasteiger partial charge on any atom is -0.490 e. The van der Waals surface area contributed by atoms with Gasteiger partial charge in [0.15, 0.2) is 6.29 Å². The smallest absolute Gasteiger partial charge is 0.150 e. The summed E-state index contributed by atoms with van der Waals surface area (Å²) in [4.78, 5) is 11.1. The van der Waals surface area contributed by atoms with Crippen LogP contribution >= 0.6 is 0 Å². The van der Waals surface area contributed by atoms with Gasteiger partial charge in [0.05, 0.1) is 6.10 Å². The molecule has 0 aromatic heterocycles. The average molecular weight is 268 g/mol. The molecule has 0 bridgehead atoms. The molecule has 0 saturated heterocycles. The lowest BCUT2D eigenvalue weighted by atomic mass is 9.89. The van der Waals surface area contributed by atoms with E-state index >= 15 is 0 Å². The third-order valence-corrected chi connectivity index (χ3v) is 4.28. The van der Waals surface area contributed by atoms with Crippen LogP contribution in [0.1, 0.15) is 43.0 Å². The van der Waals surface area contributed by atoms with Gasteiger partial charge in [-0.05, 0) is 54.5 Å². The minimum absolute atomic E-state index is 0.326. The van der Waals surface area contributed by atoms with Crippen LogP contribution < -0.4 is 4.74 Å². The summed E-state index contributed by atoms with van der Waals surface area (Å²) >= 11 is 0. The van der Waals surface area contributed by atoms with E-state index in [0.29, 0.717) is 6.10 Å². The number of rotatable bonds is 3. The van der Waals surface area contributed by atoms with Crippen LogP contribution in [0.25, 0.3) is 10.8 Å². The van der Waals surface area contributed by atoms with Gasteiger partial charge in [-0.1, -0.05) is 31.2 Å².